The van der Waals surface area contributed by atoms with Gasteiger partial charge in [0.15, 0.2) is 0 Å². The molecule has 2 rings (SSSR count). The van der Waals surface area contributed by atoms with Gasteiger partial charge < -0.3 is 30.3 Å². The van der Waals surface area contributed by atoms with E-state index in [0.717, 1.165) is 0 Å². The van der Waals surface area contributed by atoms with Crippen molar-refractivity contribution in [3.8, 4) is 0 Å². The lowest BCUT2D eigenvalue weighted by Crippen LogP contribution is -2.71. The normalized spacial score (nSPS) is 57.3. The molecule has 0 radical (unpaired) electrons. The van der Waals surface area contributed by atoms with Gasteiger partial charge in [0.1, 0.15) is 18.3 Å². The van der Waals surface area contributed by atoms with Crippen LogP contribution in [0, 0.1) is 0 Å². The molecule has 2 fully saturated rings. The average molecular weight is 258 g/mol. The van der Waals surface area contributed by atoms with Crippen molar-refractivity contribution < 1.29 is 42.8 Å². The van der Waals surface area contributed by atoms with E-state index in [4.69, 9.17) is 5.11 Å². The summed E-state index contributed by atoms with van der Waals surface area (Å²) in [7, 11) is 0. The van der Waals surface area contributed by atoms with Crippen LogP contribution in [0.15, 0.2) is 0 Å². The van der Waals surface area contributed by atoms with Gasteiger partial charge in [0, 0.05) is 0 Å². The van der Waals surface area contributed by atoms with Gasteiger partial charge in [-0.05, 0) is 0 Å². The summed E-state index contributed by atoms with van der Waals surface area (Å²) in [4.78, 5) is 0. The molecule has 2 heterocycles. The first-order valence-corrected chi connectivity index (χ1v) is 5.24. The predicted molar refractivity (Wildman–Crippen MR) is 44.2 cm³/mol. The summed E-state index contributed by atoms with van der Waals surface area (Å²) in [5.41, 5.74) is 0. The Labute approximate surface area is 91.7 Å². The van der Waals surface area contributed by atoms with Crippen LogP contribution in [0.2, 0.25) is 0 Å². The topological polar surface area (TPSA) is 146 Å². The van der Waals surface area contributed by atoms with E-state index in [1.54, 1.807) is 0 Å². The van der Waals surface area contributed by atoms with Gasteiger partial charge >= 0.3 is 17.3 Å². The summed E-state index contributed by atoms with van der Waals surface area (Å²) in [6.07, 6.45) is -5.22. The van der Waals surface area contributed by atoms with Crippen LogP contribution in [0.4, 0.5) is 0 Å². The smallest absolute Gasteiger partial charge is 0.356 e. The Balaban J connectivity index is 2.37. The highest BCUT2D eigenvalue weighted by atomic mass is 32.2. The zero-order chi connectivity index (χ0) is 12.1. The molecule has 9 nitrogen and oxygen atoms in total. The molecule has 10 heteroatoms. The summed E-state index contributed by atoms with van der Waals surface area (Å²) in [5, 5.41) is 47.0. The van der Waals surface area contributed by atoms with Crippen molar-refractivity contribution in [2.24, 2.45) is 0 Å². The third-order valence-electron chi connectivity index (χ3n) is 2.43. The van der Waals surface area contributed by atoms with E-state index >= 15 is 0 Å². The Bertz CT molecular complexity index is 323. The SMILES string of the molecule is O=S1O[C@@]2(O)O[C@H](CO)[C@@H](O)[C@H](O)[C@]2(O)O1. The van der Waals surface area contributed by atoms with Crippen LogP contribution in [0.3, 0.4) is 0 Å². The molecule has 2 aliphatic rings. The van der Waals surface area contributed by atoms with E-state index in [0.29, 0.717) is 0 Å². The maximum Gasteiger partial charge on any atom is 0.356 e. The minimum atomic E-state index is -2.91. The number of fused-ring (bicyclic) bond motifs is 1. The fourth-order valence-corrected chi connectivity index (χ4v) is 2.31. The number of aliphatic hydroxyl groups is 5. The first kappa shape index (κ1) is 12.3. The molecule has 0 spiro atoms. The fourth-order valence-electron chi connectivity index (χ4n) is 1.52. The number of hydrogen-bond donors (Lipinski definition) is 5. The van der Waals surface area contributed by atoms with Crippen LogP contribution in [0.5, 0.6) is 0 Å². The van der Waals surface area contributed by atoms with Crippen molar-refractivity contribution in [1.82, 2.24) is 0 Å². The summed E-state index contributed by atoms with van der Waals surface area (Å²) >= 11 is -2.55. The highest BCUT2D eigenvalue weighted by Crippen LogP contribution is 2.44. The number of rotatable bonds is 1. The van der Waals surface area contributed by atoms with E-state index < -0.39 is 48.0 Å². The monoisotopic (exact) mass is 258 g/mol. The molecule has 0 aliphatic carbocycles. The zero-order valence-electron chi connectivity index (χ0n) is 7.72. The molecule has 0 aromatic rings. The van der Waals surface area contributed by atoms with E-state index in [2.05, 4.69) is 13.1 Å². The molecule has 0 bridgehead atoms. The number of aliphatic hydroxyl groups excluding tert-OH is 3. The third kappa shape index (κ3) is 1.44. The molecule has 5 N–H and O–H groups in total. The van der Waals surface area contributed by atoms with E-state index in [9.17, 15) is 24.6 Å². The second kappa shape index (κ2) is 3.66. The molecular weight excluding hydrogens is 248 g/mol. The van der Waals surface area contributed by atoms with Gasteiger partial charge in [-0.15, -0.1) is 0 Å². The lowest BCUT2D eigenvalue weighted by Gasteiger charge is -2.44. The van der Waals surface area contributed by atoms with Crippen LogP contribution >= 0.6 is 0 Å². The van der Waals surface area contributed by atoms with Gasteiger partial charge in [-0.2, -0.15) is 4.21 Å². The third-order valence-corrected chi connectivity index (χ3v) is 3.18. The molecule has 16 heavy (non-hydrogen) atoms. The first-order valence-electron chi connectivity index (χ1n) is 4.24. The molecule has 0 aromatic carbocycles. The maximum atomic E-state index is 10.9. The summed E-state index contributed by atoms with van der Waals surface area (Å²) in [5.74, 6) is -5.80. The predicted octanol–water partition coefficient (Wildman–Crippen LogP) is -3.94. The van der Waals surface area contributed by atoms with Crippen molar-refractivity contribution in [1.29, 1.82) is 0 Å². The Morgan fingerprint density at radius 2 is 1.88 bits per heavy atom. The van der Waals surface area contributed by atoms with Gasteiger partial charge in [-0.3, -0.25) is 0 Å². The van der Waals surface area contributed by atoms with Crippen molar-refractivity contribution in [3.63, 3.8) is 0 Å². The quantitative estimate of drug-likeness (QED) is 0.318. The lowest BCUT2D eigenvalue weighted by molar-refractivity contribution is -0.475. The minimum Gasteiger partial charge on any atom is -0.394 e. The van der Waals surface area contributed by atoms with Crippen LogP contribution in [0.1, 0.15) is 0 Å². The molecular formula is C6H10O9S. The van der Waals surface area contributed by atoms with Crippen molar-refractivity contribution in [3.05, 3.63) is 0 Å². The van der Waals surface area contributed by atoms with Gasteiger partial charge in [0.25, 0.3) is 5.79 Å². The Morgan fingerprint density at radius 1 is 1.25 bits per heavy atom. The molecule has 2 saturated heterocycles. The number of ether oxygens (including phenoxy) is 1. The minimum absolute atomic E-state index is 0.757. The van der Waals surface area contributed by atoms with E-state index in [1.807, 2.05) is 0 Å². The lowest BCUT2D eigenvalue weighted by atomic mass is 9.94. The molecule has 2 aliphatic heterocycles. The summed E-state index contributed by atoms with van der Waals surface area (Å²) < 4.78 is 24.0. The molecule has 0 amide bonds. The Morgan fingerprint density at radius 3 is 2.44 bits per heavy atom. The van der Waals surface area contributed by atoms with Crippen LogP contribution in [-0.2, 0) is 24.5 Å². The maximum absolute atomic E-state index is 10.9. The molecule has 0 saturated carbocycles. The summed E-state index contributed by atoms with van der Waals surface area (Å²) in [6, 6.07) is 0. The van der Waals surface area contributed by atoms with Crippen LogP contribution in [0.25, 0.3) is 0 Å². The largest absolute Gasteiger partial charge is 0.394 e. The standard InChI is InChI=1S/C6H10O9S/c7-1-2-3(8)4(9)5(10)6(11,13-2)15-16(12)14-5/h2-4,7-11H,1H2/t2-,3-,4+,5+,6+,16?/m1/s1. The van der Waals surface area contributed by atoms with Crippen molar-refractivity contribution >= 4 is 11.4 Å². The van der Waals surface area contributed by atoms with Gasteiger partial charge in [0.2, 0.25) is 0 Å². The fraction of sp³-hybridized carbons (Fsp3) is 1.00. The van der Waals surface area contributed by atoms with Gasteiger partial charge in [-0.25, -0.2) is 8.37 Å². The van der Waals surface area contributed by atoms with Gasteiger partial charge in [0.05, 0.1) is 6.61 Å². The Kier molecular flexibility index (Phi) is 2.81. The summed E-state index contributed by atoms with van der Waals surface area (Å²) in [6.45, 7) is -0.757. The molecule has 1 unspecified atom stereocenters. The second-order valence-corrected chi connectivity index (χ2v) is 4.16. The van der Waals surface area contributed by atoms with Crippen LogP contribution in [-0.4, -0.2) is 66.4 Å². The van der Waals surface area contributed by atoms with E-state index in [-0.39, 0.29) is 0 Å². The molecule has 6 atom stereocenters. The molecule has 94 valence electrons. The van der Waals surface area contributed by atoms with E-state index in [1.165, 1.54) is 0 Å². The van der Waals surface area contributed by atoms with Gasteiger partial charge in [-0.1, -0.05) is 0 Å². The van der Waals surface area contributed by atoms with Crippen LogP contribution < -0.4 is 0 Å². The first-order chi connectivity index (χ1) is 7.34. The Hall–Kier alpha value is -0.170. The average Bonchev–Trinajstić information content (AvgIpc) is 2.44. The molecule has 0 aromatic heterocycles. The number of hydrogen-bond acceptors (Lipinski definition) is 9. The highest BCUT2D eigenvalue weighted by Gasteiger charge is 2.72. The van der Waals surface area contributed by atoms with Crippen molar-refractivity contribution in [2.45, 2.75) is 30.1 Å². The second-order valence-electron chi connectivity index (χ2n) is 3.42. The van der Waals surface area contributed by atoms with Crippen molar-refractivity contribution in [2.75, 3.05) is 6.61 Å². The highest BCUT2D eigenvalue weighted by molar-refractivity contribution is 7.75. The zero-order valence-corrected chi connectivity index (χ0v) is 8.53.